The van der Waals surface area contributed by atoms with Crippen LogP contribution in [-0.2, 0) is 25.7 Å². The summed E-state index contributed by atoms with van der Waals surface area (Å²) >= 11 is 6.47. The standard InChI is InChI=1S/C19H16F3N3OS2/c20-19(21,22)12-3-1-2-11(8-12)16-5-4-13(28-16)9-25-7-6-15-14(10-25)17(26)24-18(27)23-15/h1-5,8H,6-7,9-10H2,(H2,23,24,26,27). The number of rotatable bonds is 3. The molecule has 0 bridgehead atoms. The summed E-state index contributed by atoms with van der Waals surface area (Å²) < 4.78 is 39.1. The molecule has 1 aliphatic heterocycles. The molecule has 28 heavy (non-hydrogen) atoms. The number of hydrogen-bond acceptors (Lipinski definition) is 4. The maximum atomic E-state index is 12.9. The fourth-order valence-electron chi connectivity index (χ4n) is 3.33. The Kier molecular flexibility index (Phi) is 4.98. The summed E-state index contributed by atoms with van der Waals surface area (Å²) in [6.07, 6.45) is -3.65. The van der Waals surface area contributed by atoms with Gasteiger partial charge in [0.25, 0.3) is 5.56 Å². The zero-order chi connectivity index (χ0) is 19.9. The number of nitrogens with one attached hydrogen (secondary N) is 2. The molecule has 146 valence electrons. The van der Waals surface area contributed by atoms with Crippen molar-refractivity contribution in [3.63, 3.8) is 0 Å². The molecule has 0 saturated heterocycles. The van der Waals surface area contributed by atoms with Crippen molar-refractivity contribution in [2.45, 2.75) is 25.7 Å². The summed E-state index contributed by atoms with van der Waals surface area (Å²) in [5, 5.41) is 0. The zero-order valence-corrected chi connectivity index (χ0v) is 16.2. The first-order valence-corrected chi connectivity index (χ1v) is 9.85. The van der Waals surface area contributed by atoms with E-state index in [2.05, 4.69) is 14.9 Å². The highest BCUT2D eigenvalue weighted by Gasteiger charge is 2.30. The molecule has 0 unspecified atom stereocenters. The van der Waals surface area contributed by atoms with Crippen molar-refractivity contribution in [2.24, 2.45) is 0 Å². The first-order chi connectivity index (χ1) is 13.3. The highest BCUT2D eigenvalue weighted by molar-refractivity contribution is 7.71. The van der Waals surface area contributed by atoms with Crippen LogP contribution in [0.15, 0.2) is 41.2 Å². The molecule has 3 aromatic rings. The Labute approximate surface area is 167 Å². The summed E-state index contributed by atoms with van der Waals surface area (Å²) in [5.74, 6) is 0. The normalized spacial score (nSPS) is 14.8. The number of thiophene rings is 1. The Hall–Kier alpha value is -2.23. The average Bonchev–Trinajstić information content (AvgIpc) is 3.10. The molecule has 3 heterocycles. The lowest BCUT2D eigenvalue weighted by Crippen LogP contribution is -2.35. The lowest BCUT2D eigenvalue weighted by molar-refractivity contribution is -0.137. The number of alkyl halides is 3. The SMILES string of the molecule is O=c1[nH]c(=S)[nH]c2c1CN(Cc1ccc(-c3cccc(C(F)(F)F)c3)s1)CC2. The molecular weight excluding hydrogens is 407 g/mol. The molecule has 2 aromatic heterocycles. The quantitative estimate of drug-likeness (QED) is 0.599. The third-order valence-corrected chi connectivity index (χ3v) is 6.03. The Morgan fingerprint density at radius 1 is 1.18 bits per heavy atom. The van der Waals surface area contributed by atoms with Gasteiger partial charge >= 0.3 is 6.18 Å². The van der Waals surface area contributed by atoms with Crippen molar-refractivity contribution in [3.05, 3.63) is 73.2 Å². The van der Waals surface area contributed by atoms with Crippen molar-refractivity contribution in [2.75, 3.05) is 6.54 Å². The first kappa shape index (κ1) is 19.1. The molecule has 2 N–H and O–H groups in total. The van der Waals surface area contributed by atoms with Gasteiger partial charge in [0.15, 0.2) is 4.77 Å². The smallest absolute Gasteiger partial charge is 0.335 e. The number of aromatic nitrogens is 2. The van der Waals surface area contributed by atoms with E-state index in [0.29, 0.717) is 35.4 Å². The summed E-state index contributed by atoms with van der Waals surface area (Å²) in [6, 6.07) is 9.13. The van der Waals surface area contributed by atoms with Gasteiger partial charge in [-0.05, 0) is 42.0 Å². The number of halogens is 3. The summed E-state index contributed by atoms with van der Waals surface area (Å²) in [7, 11) is 0. The number of H-pyrrole nitrogens is 2. The van der Waals surface area contributed by atoms with Gasteiger partial charge in [-0.3, -0.25) is 14.7 Å². The molecule has 0 atom stereocenters. The van der Waals surface area contributed by atoms with E-state index in [0.717, 1.165) is 28.1 Å². The van der Waals surface area contributed by atoms with Gasteiger partial charge in [-0.15, -0.1) is 11.3 Å². The highest BCUT2D eigenvalue weighted by atomic mass is 32.1. The number of aromatic amines is 2. The summed E-state index contributed by atoms with van der Waals surface area (Å²) in [4.78, 5) is 21.8. The van der Waals surface area contributed by atoms with Crippen LogP contribution in [0.4, 0.5) is 13.2 Å². The summed E-state index contributed by atoms with van der Waals surface area (Å²) in [6.45, 7) is 1.92. The van der Waals surface area contributed by atoms with E-state index in [1.165, 1.54) is 23.5 Å². The van der Waals surface area contributed by atoms with Gasteiger partial charge in [0, 0.05) is 41.5 Å². The second-order valence-corrected chi connectivity index (χ2v) is 8.25. The van der Waals surface area contributed by atoms with Crippen LogP contribution < -0.4 is 5.56 Å². The van der Waals surface area contributed by atoms with Gasteiger partial charge in [0.1, 0.15) is 0 Å². The van der Waals surface area contributed by atoms with Crippen molar-refractivity contribution in [1.29, 1.82) is 0 Å². The molecule has 0 saturated carbocycles. The third-order valence-electron chi connectivity index (χ3n) is 4.71. The summed E-state index contributed by atoms with van der Waals surface area (Å²) in [5.41, 5.74) is 1.30. The molecular formula is C19H16F3N3OS2. The van der Waals surface area contributed by atoms with E-state index in [1.807, 2.05) is 12.1 Å². The Morgan fingerprint density at radius 2 is 2.00 bits per heavy atom. The van der Waals surface area contributed by atoms with Crippen molar-refractivity contribution >= 4 is 23.6 Å². The van der Waals surface area contributed by atoms with Crippen LogP contribution in [-0.4, -0.2) is 21.4 Å². The fourth-order valence-corrected chi connectivity index (χ4v) is 4.60. The van der Waals surface area contributed by atoms with E-state index < -0.39 is 11.7 Å². The topological polar surface area (TPSA) is 51.9 Å². The third kappa shape index (κ3) is 3.96. The van der Waals surface area contributed by atoms with E-state index in [4.69, 9.17) is 12.2 Å². The number of benzene rings is 1. The van der Waals surface area contributed by atoms with Crippen LogP contribution in [0.1, 0.15) is 21.7 Å². The first-order valence-electron chi connectivity index (χ1n) is 8.62. The van der Waals surface area contributed by atoms with Crippen LogP contribution in [0, 0.1) is 4.77 Å². The van der Waals surface area contributed by atoms with Crippen LogP contribution >= 0.6 is 23.6 Å². The maximum absolute atomic E-state index is 12.9. The molecule has 4 nitrogen and oxygen atoms in total. The molecule has 9 heteroatoms. The van der Waals surface area contributed by atoms with Gasteiger partial charge in [-0.25, -0.2) is 0 Å². The van der Waals surface area contributed by atoms with E-state index >= 15 is 0 Å². The van der Waals surface area contributed by atoms with Gasteiger partial charge in [-0.1, -0.05) is 12.1 Å². The molecule has 0 spiro atoms. The molecule has 0 fully saturated rings. The fraction of sp³-hybridized carbons (Fsp3) is 0.263. The minimum atomic E-state index is -4.35. The van der Waals surface area contributed by atoms with Crippen molar-refractivity contribution < 1.29 is 13.2 Å². The van der Waals surface area contributed by atoms with Gasteiger partial charge in [-0.2, -0.15) is 13.2 Å². The average molecular weight is 423 g/mol. The van der Waals surface area contributed by atoms with E-state index in [1.54, 1.807) is 6.07 Å². The lowest BCUT2D eigenvalue weighted by atomic mass is 10.1. The van der Waals surface area contributed by atoms with Crippen LogP contribution in [0.2, 0.25) is 0 Å². The van der Waals surface area contributed by atoms with E-state index in [-0.39, 0.29) is 5.56 Å². The Balaban J connectivity index is 1.52. The van der Waals surface area contributed by atoms with Crippen LogP contribution in [0.25, 0.3) is 10.4 Å². The highest BCUT2D eigenvalue weighted by Crippen LogP contribution is 2.35. The second kappa shape index (κ2) is 7.31. The number of fused-ring (bicyclic) bond motifs is 1. The zero-order valence-electron chi connectivity index (χ0n) is 14.6. The Morgan fingerprint density at radius 3 is 2.79 bits per heavy atom. The molecule has 0 radical (unpaired) electrons. The minimum absolute atomic E-state index is 0.167. The molecule has 0 amide bonds. The van der Waals surface area contributed by atoms with Crippen molar-refractivity contribution in [3.8, 4) is 10.4 Å². The molecule has 1 aromatic carbocycles. The predicted octanol–water partition coefficient (Wildman–Crippen LogP) is 4.74. The minimum Gasteiger partial charge on any atom is -0.335 e. The molecule has 1 aliphatic rings. The number of nitrogens with zero attached hydrogens (tertiary/aromatic N) is 1. The molecule has 0 aliphatic carbocycles. The van der Waals surface area contributed by atoms with Gasteiger partial charge in [0.05, 0.1) is 11.1 Å². The van der Waals surface area contributed by atoms with Gasteiger partial charge < -0.3 is 4.98 Å². The predicted molar refractivity (Wildman–Crippen MR) is 105 cm³/mol. The lowest BCUT2D eigenvalue weighted by Gasteiger charge is -2.27. The van der Waals surface area contributed by atoms with Gasteiger partial charge in [0.2, 0.25) is 0 Å². The van der Waals surface area contributed by atoms with Crippen molar-refractivity contribution in [1.82, 2.24) is 14.9 Å². The molecule has 4 rings (SSSR count). The Bertz CT molecular complexity index is 1130. The largest absolute Gasteiger partial charge is 0.416 e. The second-order valence-electron chi connectivity index (χ2n) is 6.67. The van der Waals surface area contributed by atoms with Crippen LogP contribution in [0.5, 0.6) is 0 Å². The number of hydrogen-bond donors (Lipinski definition) is 2. The van der Waals surface area contributed by atoms with E-state index in [9.17, 15) is 18.0 Å². The van der Waals surface area contributed by atoms with Crippen LogP contribution in [0.3, 0.4) is 0 Å². The maximum Gasteiger partial charge on any atom is 0.416 e. The monoisotopic (exact) mass is 423 g/mol.